The van der Waals surface area contributed by atoms with Gasteiger partial charge < -0.3 is 14.6 Å². The summed E-state index contributed by atoms with van der Waals surface area (Å²) in [6.07, 6.45) is 0.584. The molecule has 0 saturated heterocycles. The number of benzene rings is 3. The molecule has 1 amide bonds. The average Bonchev–Trinajstić information content (AvgIpc) is 3.17. The van der Waals surface area contributed by atoms with Gasteiger partial charge in [-0.2, -0.15) is 0 Å². The van der Waals surface area contributed by atoms with Crippen molar-refractivity contribution in [2.45, 2.75) is 18.9 Å². The number of hydrogen-bond acceptors (Lipinski definition) is 6. The lowest BCUT2D eigenvalue weighted by Crippen LogP contribution is -2.31. The molecule has 0 spiro atoms. The van der Waals surface area contributed by atoms with Crippen molar-refractivity contribution >= 4 is 23.3 Å². The molecule has 1 heterocycles. The van der Waals surface area contributed by atoms with E-state index in [9.17, 15) is 19.5 Å². The Morgan fingerprint density at radius 2 is 1.69 bits per heavy atom. The number of carbonyl (C=O) groups excluding carboxylic acids is 3. The molecule has 178 valence electrons. The number of ketones is 1. The van der Waals surface area contributed by atoms with Crippen molar-refractivity contribution in [3.05, 3.63) is 107 Å². The Morgan fingerprint density at radius 1 is 0.943 bits per heavy atom. The molecule has 3 aromatic carbocycles. The molecule has 0 fully saturated rings. The van der Waals surface area contributed by atoms with E-state index in [1.807, 2.05) is 30.3 Å². The van der Waals surface area contributed by atoms with Crippen LogP contribution in [0, 0.1) is 0 Å². The Morgan fingerprint density at radius 3 is 2.40 bits per heavy atom. The summed E-state index contributed by atoms with van der Waals surface area (Å²) in [5.74, 6) is -1.67. The Bertz CT molecular complexity index is 1300. The quantitative estimate of drug-likeness (QED) is 0.483. The molecule has 1 atom stereocenters. The maximum Gasteiger partial charge on any atom is 0.337 e. The fourth-order valence-corrected chi connectivity index (χ4v) is 4.22. The summed E-state index contributed by atoms with van der Waals surface area (Å²) < 4.78 is 10.2. The number of anilines is 1. The standard InChI is InChI=1S/C28H25NO6/c1-34-22-13-7-10-19(17-22)25-24(23(30)15-14-18-8-4-3-5-9-18)26(31)27(32)29(25)21-12-6-11-20(16-21)28(33)35-2/h3-13,16-17,25,31H,14-15H2,1-2H3. The highest BCUT2D eigenvalue weighted by Crippen LogP contribution is 2.42. The van der Waals surface area contributed by atoms with Gasteiger partial charge >= 0.3 is 5.97 Å². The first kappa shape index (κ1) is 23.8. The third-order valence-electron chi connectivity index (χ3n) is 5.95. The highest BCUT2D eigenvalue weighted by Gasteiger charge is 2.44. The fraction of sp³-hybridized carbons (Fsp3) is 0.179. The Kier molecular flexibility index (Phi) is 6.96. The van der Waals surface area contributed by atoms with Crippen LogP contribution in [0.25, 0.3) is 0 Å². The van der Waals surface area contributed by atoms with E-state index in [0.29, 0.717) is 23.4 Å². The molecule has 0 aromatic heterocycles. The summed E-state index contributed by atoms with van der Waals surface area (Å²) in [7, 11) is 2.79. The smallest absolute Gasteiger partial charge is 0.337 e. The van der Waals surface area contributed by atoms with Crippen LogP contribution in [0.5, 0.6) is 5.75 Å². The van der Waals surface area contributed by atoms with Crippen LogP contribution in [-0.4, -0.2) is 37.0 Å². The van der Waals surface area contributed by atoms with Crippen LogP contribution in [0.1, 0.15) is 33.9 Å². The predicted octanol–water partition coefficient (Wildman–Crippen LogP) is 4.58. The van der Waals surface area contributed by atoms with E-state index in [1.165, 1.54) is 25.2 Å². The molecule has 0 bridgehead atoms. The number of carbonyl (C=O) groups is 3. The van der Waals surface area contributed by atoms with Gasteiger partial charge in [0.25, 0.3) is 5.91 Å². The molecule has 4 rings (SSSR count). The Labute approximate surface area is 203 Å². The minimum atomic E-state index is -0.895. The molecule has 1 aliphatic heterocycles. The van der Waals surface area contributed by atoms with Gasteiger partial charge in [0, 0.05) is 12.1 Å². The number of esters is 1. The molecule has 3 aromatic rings. The number of aliphatic hydroxyl groups is 1. The van der Waals surface area contributed by atoms with Crippen molar-refractivity contribution in [2.75, 3.05) is 19.1 Å². The maximum atomic E-state index is 13.4. The molecule has 0 saturated carbocycles. The van der Waals surface area contributed by atoms with Gasteiger partial charge in [0.2, 0.25) is 0 Å². The first-order valence-corrected chi connectivity index (χ1v) is 11.1. The number of rotatable bonds is 8. The lowest BCUT2D eigenvalue weighted by atomic mass is 9.93. The second kappa shape index (κ2) is 10.3. The highest BCUT2D eigenvalue weighted by molar-refractivity contribution is 6.16. The van der Waals surface area contributed by atoms with E-state index < -0.39 is 23.7 Å². The third-order valence-corrected chi connectivity index (χ3v) is 5.95. The van der Waals surface area contributed by atoms with Crippen LogP contribution in [0.4, 0.5) is 5.69 Å². The van der Waals surface area contributed by atoms with Crippen LogP contribution in [0.15, 0.2) is 90.2 Å². The van der Waals surface area contributed by atoms with Crippen LogP contribution >= 0.6 is 0 Å². The lowest BCUT2D eigenvalue weighted by Gasteiger charge is -2.27. The van der Waals surface area contributed by atoms with E-state index >= 15 is 0 Å². The summed E-state index contributed by atoms with van der Waals surface area (Å²) in [6.45, 7) is 0. The molecule has 0 aliphatic carbocycles. The van der Waals surface area contributed by atoms with Gasteiger partial charge in [-0.25, -0.2) is 4.79 Å². The number of ether oxygens (including phenoxy) is 2. The molecule has 35 heavy (non-hydrogen) atoms. The number of nitrogens with zero attached hydrogens (tertiary/aromatic N) is 1. The second-order valence-electron chi connectivity index (χ2n) is 8.07. The van der Waals surface area contributed by atoms with Gasteiger partial charge in [-0.1, -0.05) is 48.5 Å². The number of hydrogen-bond donors (Lipinski definition) is 1. The van der Waals surface area contributed by atoms with Crippen molar-refractivity contribution in [3.8, 4) is 5.75 Å². The van der Waals surface area contributed by atoms with Gasteiger partial charge in [-0.15, -0.1) is 0 Å². The minimum Gasteiger partial charge on any atom is -0.503 e. The van der Waals surface area contributed by atoms with Gasteiger partial charge in [0.05, 0.1) is 31.4 Å². The lowest BCUT2D eigenvalue weighted by molar-refractivity contribution is -0.118. The molecular weight excluding hydrogens is 446 g/mol. The van der Waals surface area contributed by atoms with Crippen LogP contribution in [-0.2, 0) is 20.7 Å². The number of amides is 1. The zero-order valence-corrected chi connectivity index (χ0v) is 19.4. The molecule has 1 unspecified atom stereocenters. The monoisotopic (exact) mass is 471 g/mol. The van der Waals surface area contributed by atoms with E-state index in [-0.39, 0.29) is 23.3 Å². The third kappa shape index (κ3) is 4.80. The number of methoxy groups -OCH3 is 2. The first-order valence-electron chi connectivity index (χ1n) is 11.1. The van der Waals surface area contributed by atoms with Crippen LogP contribution in [0.2, 0.25) is 0 Å². The normalized spacial score (nSPS) is 15.3. The minimum absolute atomic E-state index is 0.0163. The zero-order chi connectivity index (χ0) is 24.9. The molecular formula is C28H25NO6. The summed E-state index contributed by atoms with van der Waals surface area (Å²) >= 11 is 0. The Balaban J connectivity index is 1.76. The van der Waals surface area contributed by atoms with Crippen LogP contribution in [0.3, 0.4) is 0 Å². The SMILES string of the molecule is COC(=O)c1cccc(N2C(=O)C(O)=C(C(=O)CCc3ccccc3)C2c2cccc(OC)c2)c1. The van der Waals surface area contributed by atoms with Crippen molar-refractivity contribution in [2.24, 2.45) is 0 Å². The first-order chi connectivity index (χ1) is 16.9. The summed E-state index contributed by atoms with van der Waals surface area (Å²) in [6, 6.07) is 21.9. The number of aryl methyl sites for hydroxylation is 1. The average molecular weight is 472 g/mol. The largest absolute Gasteiger partial charge is 0.503 e. The van der Waals surface area contributed by atoms with Crippen molar-refractivity contribution in [1.82, 2.24) is 0 Å². The topological polar surface area (TPSA) is 93.1 Å². The van der Waals surface area contributed by atoms with E-state index in [2.05, 4.69) is 0 Å². The fourth-order valence-electron chi connectivity index (χ4n) is 4.22. The summed E-state index contributed by atoms with van der Waals surface area (Å²) in [5, 5.41) is 10.9. The van der Waals surface area contributed by atoms with E-state index in [1.54, 1.807) is 42.5 Å². The van der Waals surface area contributed by atoms with Crippen LogP contribution < -0.4 is 9.64 Å². The van der Waals surface area contributed by atoms with Crippen molar-refractivity contribution in [1.29, 1.82) is 0 Å². The van der Waals surface area contributed by atoms with Crippen molar-refractivity contribution < 1.29 is 29.0 Å². The van der Waals surface area contributed by atoms with E-state index in [0.717, 1.165) is 5.56 Å². The molecule has 1 aliphatic rings. The molecule has 7 nitrogen and oxygen atoms in total. The number of Topliss-reactive ketones (excluding diaryl/α,β-unsaturated/α-hetero) is 1. The zero-order valence-electron chi connectivity index (χ0n) is 19.4. The molecule has 1 N–H and O–H groups in total. The van der Waals surface area contributed by atoms with Gasteiger partial charge in [0.15, 0.2) is 11.5 Å². The van der Waals surface area contributed by atoms with Gasteiger partial charge in [-0.05, 0) is 47.9 Å². The number of aliphatic hydroxyl groups excluding tert-OH is 1. The van der Waals surface area contributed by atoms with Gasteiger partial charge in [0.1, 0.15) is 5.75 Å². The Hall–Kier alpha value is -4.39. The van der Waals surface area contributed by atoms with E-state index in [4.69, 9.17) is 9.47 Å². The van der Waals surface area contributed by atoms with Gasteiger partial charge in [-0.3, -0.25) is 14.5 Å². The predicted molar refractivity (Wildman–Crippen MR) is 130 cm³/mol. The molecule has 7 heteroatoms. The maximum absolute atomic E-state index is 13.4. The van der Waals surface area contributed by atoms with Crippen molar-refractivity contribution in [3.63, 3.8) is 0 Å². The summed E-state index contributed by atoms with van der Waals surface area (Å²) in [5.41, 5.74) is 2.18. The second-order valence-corrected chi connectivity index (χ2v) is 8.07. The highest BCUT2D eigenvalue weighted by atomic mass is 16.5. The summed E-state index contributed by atoms with van der Waals surface area (Å²) in [4.78, 5) is 40.1. The molecule has 0 radical (unpaired) electrons.